The summed E-state index contributed by atoms with van der Waals surface area (Å²) < 4.78 is 0.703. The number of hydrogen-bond acceptors (Lipinski definition) is 7. The van der Waals surface area contributed by atoms with Gasteiger partial charge < -0.3 is 25.3 Å². The molecule has 4 N–H and O–H groups in total. The minimum absolute atomic E-state index is 0.135. The second-order valence-electron chi connectivity index (χ2n) is 11.5. The molecule has 0 spiro atoms. The summed E-state index contributed by atoms with van der Waals surface area (Å²) in [5.74, 6) is 0.580. The molecule has 6 nitrogen and oxygen atoms in total. The minimum atomic E-state index is -0.177. The van der Waals surface area contributed by atoms with E-state index in [1.165, 1.54) is 11.3 Å². The first-order chi connectivity index (χ1) is 21.3. The molecular formula is C36H30ClNO5S. The molecule has 5 aromatic rings. The third-order valence-electron chi connectivity index (χ3n) is 8.51. The fourth-order valence-electron chi connectivity index (χ4n) is 6.25. The predicted octanol–water partition coefficient (Wildman–Crippen LogP) is 7.64. The molecule has 8 bridgehead atoms. The Hall–Kier alpha value is -4.46. The van der Waals surface area contributed by atoms with E-state index in [4.69, 9.17) is 16.4 Å². The number of hydrogen-bond donors (Lipinski definition) is 4. The molecule has 1 aliphatic carbocycles. The van der Waals surface area contributed by atoms with Crippen molar-refractivity contribution in [1.29, 1.82) is 0 Å². The van der Waals surface area contributed by atoms with Crippen molar-refractivity contribution >= 4 is 28.6 Å². The lowest BCUT2D eigenvalue weighted by atomic mass is 9.89. The van der Waals surface area contributed by atoms with Crippen LogP contribution < -0.4 is 0 Å². The quantitative estimate of drug-likeness (QED) is 0.162. The van der Waals surface area contributed by atoms with Gasteiger partial charge in [0.25, 0.3) is 0 Å². The molecule has 0 fully saturated rings. The van der Waals surface area contributed by atoms with E-state index in [0.717, 1.165) is 16.2 Å². The average molecular weight is 624 g/mol. The molecule has 1 atom stereocenters. The Labute approximate surface area is 264 Å². The van der Waals surface area contributed by atoms with Crippen molar-refractivity contribution in [3.05, 3.63) is 138 Å². The molecule has 4 aromatic carbocycles. The van der Waals surface area contributed by atoms with Crippen LogP contribution in [0.1, 0.15) is 61.4 Å². The normalized spacial score (nSPS) is 15.9. The van der Waals surface area contributed by atoms with Crippen molar-refractivity contribution in [3.63, 3.8) is 0 Å². The number of phenolic OH excluding ortho intramolecular Hbond substituents is 4. The average Bonchev–Trinajstić information content (AvgIpc) is 3.65. The van der Waals surface area contributed by atoms with Gasteiger partial charge in [-0.3, -0.25) is 0 Å². The Bertz CT molecular complexity index is 1830. The molecule has 0 radical (unpaired) electrons. The number of oxime groups is 1. The third kappa shape index (κ3) is 5.49. The maximum atomic E-state index is 11.6. The molecule has 0 saturated carbocycles. The number of phenols is 4. The van der Waals surface area contributed by atoms with Crippen LogP contribution in [0.4, 0.5) is 0 Å². The topological polar surface area (TPSA) is 103 Å². The lowest BCUT2D eigenvalue weighted by Crippen LogP contribution is -2.12. The number of para-hydroxylation sites is 3. The summed E-state index contributed by atoms with van der Waals surface area (Å²) in [6, 6.07) is 24.5. The molecule has 2 heterocycles. The van der Waals surface area contributed by atoms with Crippen molar-refractivity contribution in [2.45, 2.75) is 44.6 Å². The first-order valence-electron chi connectivity index (χ1n) is 14.5. The molecule has 7 rings (SSSR count). The van der Waals surface area contributed by atoms with E-state index < -0.39 is 0 Å². The van der Waals surface area contributed by atoms with Gasteiger partial charge in [-0.25, -0.2) is 0 Å². The van der Waals surface area contributed by atoms with Crippen LogP contribution in [0.3, 0.4) is 0 Å². The second-order valence-corrected chi connectivity index (χ2v) is 13.2. The van der Waals surface area contributed by atoms with Gasteiger partial charge in [0.2, 0.25) is 0 Å². The van der Waals surface area contributed by atoms with Gasteiger partial charge in [-0.05, 0) is 62.2 Å². The molecule has 1 unspecified atom stereocenters. The highest BCUT2D eigenvalue weighted by Crippen LogP contribution is 2.38. The van der Waals surface area contributed by atoms with Crippen LogP contribution in [0.25, 0.3) is 0 Å². The van der Waals surface area contributed by atoms with E-state index in [9.17, 15) is 20.4 Å². The van der Waals surface area contributed by atoms with Crippen LogP contribution in [-0.2, 0) is 36.9 Å². The molecule has 2 aliphatic rings. The fraction of sp³-hybridized carbons (Fsp3) is 0.194. The zero-order valence-corrected chi connectivity index (χ0v) is 25.3. The summed E-state index contributed by atoms with van der Waals surface area (Å²) in [5, 5.41) is 49.7. The van der Waals surface area contributed by atoms with E-state index in [1.54, 1.807) is 0 Å². The summed E-state index contributed by atoms with van der Waals surface area (Å²) in [6.07, 6.45) is 2.29. The minimum Gasteiger partial charge on any atom is -0.507 e. The van der Waals surface area contributed by atoms with E-state index in [2.05, 4.69) is 5.16 Å². The van der Waals surface area contributed by atoms with Gasteiger partial charge in [0.05, 0.1) is 9.21 Å². The number of aromatic hydroxyl groups is 4. The number of rotatable bonds is 3. The summed E-state index contributed by atoms with van der Waals surface area (Å²) in [7, 11) is 0. The van der Waals surface area contributed by atoms with Crippen molar-refractivity contribution in [2.75, 3.05) is 0 Å². The molecule has 1 aromatic heterocycles. The van der Waals surface area contributed by atoms with Crippen LogP contribution in [0.5, 0.6) is 23.0 Å². The Morgan fingerprint density at radius 3 is 1.50 bits per heavy atom. The van der Waals surface area contributed by atoms with Gasteiger partial charge in [-0.2, -0.15) is 0 Å². The van der Waals surface area contributed by atoms with Crippen molar-refractivity contribution in [2.24, 2.45) is 5.16 Å². The summed E-state index contributed by atoms with van der Waals surface area (Å²) in [4.78, 5) is 6.80. The molecule has 1 aliphatic heterocycles. The lowest BCUT2D eigenvalue weighted by Gasteiger charge is -2.18. The first kappa shape index (κ1) is 28.3. The van der Waals surface area contributed by atoms with Gasteiger partial charge in [0, 0.05) is 38.5 Å². The van der Waals surface area contributed by atoms with Crippen LogP contribution >= 0.6 is 22.9 Å². The fourth-order valence-corrected chi connectivity index (χ4v) is 7.28. The van der Waals surface area contributed by atoms with E-state index >= 15 is 0 Å². The summed E-state index contributed by atoms with van der Waals surface area (Å²) in [6.45, 7) is 0. The maximum absolute atomic E-state index is 11.6. The van der Waals surface area contributed by atoms with E-state index in [0.29, 0.717) is 87.4 Å². The summed E-state index contributed by atoms with van der Waals surface area (Å²) in [5.41, 5.74) is 7.25. The molecule has 0 saturated heterocycles. The van der Waals surface area contributed by atoms with Crippen LogP contribution in [-0.4, -0.2) is 32.2 Å². The predicted molar refractivity (Wildman–Crippen MR) is 173 cm³/mol. The van der Waals surface area contributed by atoms with E-state index in [1.807, 2.05) is 78.9 Å². The second kappa shape index (κ2) is 11.6. The highest BCUT2D eigenvalue weighted by molar-refractivity contribution is 7.18. The Morgan fingerprint density at radius 2 is 1.07 bits per heavy atom. The van der Waals surface area contributed by atoms with Gasteiger partial charge in [-0.15, -0.1) is 11.3 Å². The molecular weight excluding hydrogens is 594 g/mol. The third-order valence-corrected chi connectivity index (χ3v) is 9.79. The Kier molecular flexibility index (Phi) is 7.44. The van der Waals surface area contributed by atoms with Crippen LogP contribution in [0.2, 0.25) is 4.34 Å². The molecule has 0 amide bonds. The first-order valence-corrected chi connectivity index (χ1v) is 15.7. The highest BCUT2D eigenvalue weighted by Gasteiger charge is 2.25. The number of thiophene rings is 1. The number of fused-ring (bicyclic) bond motifs is 8. The lowest BCUT2D eigenvalue weighted by molar-refractivity contribution is 0.0859. The van der Waals surface area contributed by atoms with Gasteiger partial charge in [0.15, 0.2) is 0 Å². The molecule has 222 valence electrons. The number of halogens is 1. The standard InChI is InChI=1S/C36H30ClNO5S/c37-32-11-10-31(44-32)30-19-29(43-38-30)14-20-12-27-17-25-8-2-6-23(34(25)40)15-21-4-1-5-22(33(21)39)16-24-7-3-9-26(35(24)41)18-28(13-20)36(27)42/h1-13,29,39-42H,14-19H2. The molecule has 44 heavy (non-hydrogen) atoms. The van der Waals surface area contributed by atoms with Gasteiger partial charge in [0.1, 0.15) is 34.8 Å². The zero-order chi connectivity index (χ0) is 30.4. The smallest absolute Gasteiger partial charge is 0.137 e. The zero-order valence-electron chi connectivity index (χ0n) is 23.8. The van der Waals surface area contributed by atoms with Crippen molar-refractivity contribution in [1.82, 2.24) is 0 Å². The summed E-state index contributed by atoms with van der Waals surface area (Å²) >= 11 is 7.61. The Morgan fingerprint density at radius 1 is 0.636 bits per heavy atom. The van der Waals surface area contributed by atoms with Gasteiger partial charge >= 0.3 is 0 Å². The number of nitrogens with zero attached hydrogens (tertiary/aromatic N) is 1. The van der Waals surface area contributed by atoms with Crippen LogP contribution in [0.15, 0.2) is 84.0 Å². The van der Waals surface area contributed by atoms with E-state index in [-0.39, 0.29) is 29.1 Å². The van der Waals surface area contributed by atoms with Crippen LogP contribution in [0, 0.1) is 0 Å². The van der Waals surface area contributed by atoms with Crippen molar-refractivity contribution in [3.8, 4) is 23.0 Å². The van der Waals surface area contributed by atoms with Crippen molar-refractivity contribution < 1.29 is 25.3 Å². The monoisotopic (exact) mass is 623 g/mol. The molecule has 8 heteroatoms. The Balaban J connectivity index is 1.29. The largest absolute Gasteiger partial charge is 0.507 e. The number of benzene rings is 4. The highest BCUT2D eigenvalue weighted by atomic mass is 35.5. The van der Waals surface area contributed by atoms with Gasteiger partial charge in [-0.1, -0.05) is 83.5 Å². The SMILES string of the molecule is Oc1c2cccc1Cc1cccc(c1O)Cc1cc(CC3CC(c4ccc(Cl)s4)=NO3)cc(c1O)Cc1cccc(c1O)C2. The maximum Gasteiger partial charge on any atom is 0.137 e.